The third-order valence-electron chi connectivity index (χ3n) is 8.70. The van der Waals surface area contributed by atoms with Crippen LogP contribution in [0.4, 0.5) is 0 Å². The molecule has 4 atom stereocenters. The van der Waals surface area contributed by atoms with Crippen LogP contribution in [0.1, 0.15) is 64.4 Å². The summed E-state index contributed by atoms with van der Waals surface area (Å²) in [4.78, 5) is 15.2. The number of ether oxygens (including phenoxy) is 1. The molecule has 31 heavy (non-hydrogen) atoms. The first-order chi connectivity index (χ1) is 14.8. The Bertz CT molecular complexity index is 886. The van der Waals surface area contributed by atoms with Crippen LogP contribution in [-0.2, 0) is 15.1 Å². The summed E-state index contributed by atoms with van der Waals surface area (Å²) in [6.07, 6.45) is 7.12. The number of likely N-dealkylation sites (tertiary alicyclic amines) is 1. The molecular weight excluding hydrogens is 410 g/mol. The van der Waals surface area contributed by atoms with Gasteiger partial charge in [-0.25, -0.2) is 0 Å². The molecule has 4 aliphatic rings. The topological polar surface area (TPSA) is 49.8 Å². The van der Waals surface area contributed by atoms with Gasteiger partial charge in [0.25, 0.3) is 0 Å². The van der Waals surface area contributed by atoms with Gasteiger partial charge in [-0.3, -0.25) is 4.79 Å². The molecule has 0 aromatic heterocycles. The number of carbonyl (C=O) groups excluding carboxylic acids is 1. The van der Waals surface area contributed by atoms with E-state index in [4.69, 9.17) is 16.3 Å². The van der Waals surface area contributed by atoms with Gasteiger partial charge in [-0.05, 0) is 75.0 Å². The van der Waals surface area contributed by atoms with Gasteiger partial charge < -0.3 is 14.7 Å². The number of halogens is 1. The molecule has 1 aromatic rings. The van der Waals surface area contributed by atoms with Gasteiger partial charge in [0.1, 0.15) is 6.10 Å². The number of carbonyl (C=O) groups is 1. The predicted octanol–water partition coefficient (Wildman–Crippen LogP) is 5.08. The average Bonchev–Trinajstić information content (AvgIpc) is 3.02. The van der Waals surface area contributed by atoms with Crippen LogP contribution >= 0.6 is 11.6 Å². The summed E-state index contributed by atoms with van der Waals surface area (Å²) in [6, 6.07) is 7.54. The highest BCUT2D eigenvalue weighted by molar-refractivity contribution is 6.30. The van der Waals surface area contributed by atoms with Crippen molar-refractivity contribution >= 4 is 17.6 Å². The second kappa shape index (κ2) is 7.90. The highest BCUT2D eigenvalue weighted by Crippen LogP contribution is 2.55. The van der Waals surface area contributed by atoms with Crippen molar-refractivity contribution < 1.29 is 14.6 Å². The summed E-state index contributed by atoms with van der Waals surface area (Å²) in [6.45, 7) is 7.01. The van der Waals surface area contributed by atoms with Gasteiger partial charge >= 0.3 is 5.97 Å². The minimum absolute atomic E-state index is 0.00552. The van der Waals surface area contributed by atoms with Gasteiger partial charge in [0, 0.05) is 30.6 Å². The lowest BCUT2D eigenvalue weighted by molar-refractivity contribution is -0.145. The monoisotopic (exact) mass is 443 g/mol. The Kier molecular flexibility index (Phi) is 5.47. The highest BCUT2D eigenvalue weighted by atomic mass is 35.5. The fourth-order valence-electron chi connectivity index (χ4n) is 6.75. The van der Waals surface area contributed by atoms with Gasteiger partial charge in [-0.2, -0.15) is 0 Å². The number of benzene rings is 1. The predicted molar refractivity (Wildman–Crippen MR) is 122 cm³/mol. The van der Waals surface area contributed by atoms with Crippen molar-refractivity contribution in [1.29, 1.82) is 0 Å². The van der Waals surface area contributed by atoms with E-state index in [9.17, 15) is 9.90 Å². The van der Waals surface area contributed by atoms with Crippen molar-refractivity contribution in [2.24, 2.45) is 17.3 Å². The second-order valence-electron chi connectivity index (χ2n) is 10.7. The van der Waals surface area contributed by atoms with E-state index in [1.165, 1.54) is 19.3 Å². The van der Waals surface area contributed by atoms with Crippen LogP contribution in [0.2, 0.25) is 5.02 Å². The molecular formula is C26H34ClNO3. The SMILES string of the molecule is CC1=C2C[C@H]3[C@@H](C[C@@]2(C)CCC1)OC(=O)[C@@H]3CN1CCC(O)(c2ccc(Cl)cc2)CC1. The molecule has 0 unspecified atom stereocenters. The quantitative estimate of drug-likeness (QED) is 0.522. The van der Waals surface area contributed by atoms with E-state index in [0.717, 1.165) is 38.0 Å². The zero-order valence-corrected chi connectivity index (χ0v) is 19.5. The molecule has 5 heteroatoms. The number of allylic oxidation sites excluding steroid dienone is 2. The summed E-state index contributed by atoms with van der Waals surface area (Å²) < 4.78 is 5.94. The third kappa shape index (κ3) is 3.85. The molecule has 1 aromatic carbocycles. The molecule has 0 spiro atoms. The van der Waals surface area contributed by atoms with E-state index in [1.807, 2.05) is 24.3 Å². The number of piperidine rings is 1. The third-order valence-corrected chi connectivity index (χ3v) is 8.95. The van der Waals surface area contributed by atoms with E-state index < -0.39 is 5.60 Å². The van der Waals surface area contributed by atoms with Crippen molar-refractivity contribution in [2.75, 3.05) is 19.6 Å². The van der Waals surface area contributed by atoms with Gasteiger partial charge in [0.2, 0.25) is 0 Å². The summed E-state index contributed by atoms with van der Waals surface area (Å²) >= 11 is 6.01. The average molecular weight is 444 g/mol. The largest absolute Gasteiger partial charge is 0.462 e. The summed E-state index contributed by atoms with van der Waals surface area (Å²) in [7, 11) is 0. The Labute approximate surface area is 190 Å². The van der Waals surface area contributed by atoms with Crippen molar-refractivity contribution in [3.8, 4) is 0 Å². The lowest BCUT2D eigenvalue weighted by atomic mass is 9.59. The number of hydrogen-bond acceptors (Lipinski definition) is 4. The van der Waals surface area contributed by atoms with Crippen LogP contribution in [0.15, 0.2) is 35.4 Å². The van der Waals surface area contributed by atoms with Crippen molar-refractivity contribution in [1.82, 2.24) is 4.90 Å². The standard InChI is InChI=1S/C26H34ClNO3/c1-17-4-3-9-25(2)15-23-20(14-22(17)25)21(24(29)31-23)16-28-12-10-26(30,11-13-28)18-5-7-19(27)8-6-18/h5-8,20-21,23,30H,3-4,9-16H2,1-2H3/t20-,21-,23-,25-/m1/s1. The zero-order chi connectivity index (χ0) is 21.8. The van der Waals surface area contributed by atoms with E-state index in [2.05, 4.69) is 18.7 Å². The molecule has 3 fully saturated rings. The van der Waals surface area contributed by atoms with Crippen molar-refractivity contribution in [3.05, 3.63) is 46.0 Å². The summed E-state index contributed by atoms with van der Waals surface area (Å²) in [5.74, 6) is 0.258. The number of aliphatic hydroxyl groups is 1. The summed E-state index contributed by atoms with van der Waals surface area (Å²) in [5, 5.41) is 11.9. The van der Waals surface area contributed by atoms with Crippen molar-refractivity contribution in [3.63, 3.8) is 0 Å². The zero-order valence-electron chi connectivity index (χ0n) is 18.7. The Morgan fingerprint density at radius 1 is 1.19 bits per heavy atom. The lowest BCUT2D eigenvalue weighted by Crippen LogP contribution is -2.46. The highest BCUT2D eigenvalue weighted by Gasteiger charge is 2.53. The Hall–Kier alpha value is -1.36. The molecule has 4 nitrogen and oxygen atoms in total. The molecule has 5 rings (SSSR count). The maximum absolute atomic E-state index is 12.9. The lowest BCUT2D eigenvalue weighted by Gasteiger charge is -2.46. The molecule has 168 valence electrons. The van der Waals surface area contributed by atoms with Crippen molar-refractivity contribution in [2.45, 2.75) is 70.5 Å². The molecule has 2 heterocycles. The molecule has 2 aliphatic carbocycles. The molecule has 1 saturated carbocycles. The number of nitrogens with zero attached hydrogens (tertiary/aromatic N) is 1. The van der Waals surface area contributed by atoms with E-state index in [0.29, 0.717) is 23.8 Å². The van der Waals surface area contributed by atoms with Crippen LogP contribution in [0.25, 0.3) is 0 Å². The molecule has 0 amide bonds. The number of esters is 1. The Balaban J connectivity index is 1.26. The van der Waals surface area contributed by atoms with Crippen LogP contribution in [0, 0.1) is 17.3 Å². The first kappa shape index (κ1) is 21.5. The molecule has 0 radical (unpaired) electrons. The van der Waals surface area contributed by atoms with E-state index in [-0.39, 0.29) is 23.4 Å². The Morgan fingerprint density at radius 3 is 2.61 bits per heavy atom. The second-order valence-corrected chi connectivity index (χ2v) is 11.1. The Morgan fingerprint density at radius 2 is 1.90 bits per heavy atom. The fourth-order valence-corrected chi connectivity index (χ4v) is 6.88. The molecule has 2 aliphatic heterocycles. The smallest absolute Gasteiger partial charge is 0.310 e. The summed E-state index contributed by atoms with van der Waals surface area (Å²) in [5.41, 5.74) is 3.51. The number of fused-ring (bicyclic) bond motifs is 2. The molecule has 2 saturated heterocycles. The van der Waals surface area contributed by atoms with Crippen LogP contribution in [0.3, 0.4) is 0 Å². The molecule has 0 bridgehead atoms. The number of rotatable bonds is 3. The van der Waals surface area contributed by atoms with Crippen LogP contribution in [0.5, 0.6) is 0 Å². The molecule has 1 N–H and O–H groups in total. The maximum Gasteiger partial charge on any atom is 0.310 e. The van der Waals surface area contributed by atoms with Gasteiger partial charge in [-0.1, -0.05) is 41.8 Å². The fraction of sp³-hybridized carbons (Fsp3) is 0.654. The first-order valence-corrected chi connectivity index (χ1v) is 12.3. The van der Waals surface area contributed by atoms with Crippen LogP contribution < -0.4 is 0 Å². The first-order valence-electron chi connectivity index (χ1n) is 11.9. The minimum Gasteiger partial charge on any atom is -0.462 e. The van der Waals surface area contributed by atoms with Crippen LogP contribution in [-0.4, -0.2) is 41.7 Å². The number of hydrogen-bond donors (Lipinski definition) is 1. The van der Waals surface area contributed by atoms with Gasteiger partial charge in [0.05, 0.1) is 11.5 Å². The minimum atomic E-state index is -0.809. The van der Waals surface area contributed by atoms with Gasteiger partial charge in [0.15, 0.2) is 0 Å². The van der Waals surface area contributed by atoms with E-state index in [1.54, 1.807) is 11.1 Å². The van der Waals surface area contributed by atoms with Gasteiger partial charge in [-0.15, -0.1) is 0 Å². The van der Waals surface area contributed by atoms with E-state index >= 15 is 0 Å². The normalized spacial score (nSPS) is 35.5. The maximum atomic E-state index is 12.9.